The Bertz CT molecular complexity index is 470. The van der Waals surface area contributed by atoms with Gasteiger partial charge in [0.15, 0.2) is 0 Å². The van der Waals surface area contributed by atoms with E-state index in [-0.39, 0.29) is 12.1 Å². The fraction of sp³-hybridized carbons (Fsp3) is 0.467. The summed E-state index contributed by atoms with van der Waals surface area (Å²) in [6.45, 7) is 4.74. The number of carbonyl (C=O) groups excluding carboxylic acids is 2. The van der Waals surface area contributed by atoms with E-state index in [1.54, 1.807) is 16.7 Å². The summed E-state index contributed by atoms with van der Waals surface area (Å²) in [6.07, 6.45) is -0.304. The van der Waals surface area contributed by atoms with Gasteiger partial charge in [-0.3, -0.25) is 0 Å². The number of hydrogen-bond acceptors (Lipinski definition) is 3. The summed E-state index contributed by atoms with van der Waals surface area (Å²) in [7, 11) is 0. The number of carbonyl (C=O) groups is 2. The summed E-state index contributed by atoms with van der Waals surface area (Å²) in [5.74, 6) is 0. The summed E-state index contributed by atoms with van der Waals surface area (Å²) in [6, 6.07) is 9.68. The highest BCUT2D eigenvalue weighted by Crippen LogP contribution is 2.05. The topological polar surface area (TPSA) is 61.9 Å². The Morgan fingerprint density at radius 1 is 1.10 bits per heavy atom. The Morgan fingerprint density at radius 2 is 1.71 bits per heavy atom. The lowest BCUT2D eigenvalue weighted by molar-refractivity contribution is 0.0851. The van der Waals surface area contributed by atoms with Crippen molar-refractivity contribution in [2.24, 2.45) is 0 Å². The van der Waals surface area contributed by atoms with E-state index in [4.69, 9.17) is 4.74 Å². The zero-order valence-corrected chi connectivity index (χ0v) is 12.2. The predicted octanol–water partition coefficient (Wildman–Crippen LogP) is 1.67. The molecule has 0 saturated carbocycles. The molecule has 1 fully saturated rings. The minimum atomic E-state index is -0.304. The first kappa shape index (κ1) is 15.2. The molecule has 0 aliphatic carbocycles. The van der Waals surface area contributed by atoms with Gasteiger partial charge < -0.3 is 19.9 Å². The van der Waals surface area contributed by atoms with Crippen LogP contribution >= 0.6 is 0 Å². The van der Waals surface area contributed by atoms with Crippen molar-refractivity contribution in [1.82, 2.24) is 15.1 Å². The van der Waals surface area contributed by atoms with Crippen molar-refractivity contribution in [2.45, 2.75) is 13.5 Å². The maximum atomic E-state index is 12.1. The number of rotatable bonds is 3. The van der Waals surface area contributed by atoms with Crippen LogP contribution in [-0.2, 0) is 11.3 Å². The van der Waals surface area contributed by atoms with Crippen molar-refractivity contribution in [3.63, 3.8) is 0 Å². The maximum Gasteiger partial charge on any atom is 0.409 e. The second-order valence-corrected chi connectivity index (χ2v) is 4.82. The van der Waals surface area contributed by atoms with Crippen LogP contribution in [0, 0.1) is 0 Å². The highest BCUT2D eigenvalue weighted by Gasteiger charge is 2.24. The van der Waals surface area contributed by atoms with Gasteiger partial charge in [0.1, 0.15) is 0 Å². The van der Waals surface area contributed by atoms with Crippen molar-refractivity contribution in [2.75, 3.05) is 32.8 Å². The zero-order valence-electron chi connectivity index (χ0n) is 12.2. The van der Waals surface area contributed by atoms with E-state index >= 15 is 0 Å². The molecule has 0 bridgehead atoms. The lowest BCUT2D eigenvalue weighted by Crippen LogP contribution is -2.53. The van der Waals surface area contributed by atoms with Crippen LogP contribution in [0.2, 0.25) is 0 Å². The van der Waals surface area contributed by atoms with Crippen molar-refractivity contribution < 1.29 is 14.3 Å². The highest BCUT2D eigenvalue weighted by atomic mass is 16.6. The smallest absolute Gasteiger partial charge is 0.409 e. The molecule has 1 N–H and O–H groups in total. The van der Waals surface area contributed by atoms with Crippen LogP contribution < -0.4 is 5.32 Å². The number of benzene rings is 1. The molecular formula is C15H21N3O3. The first-order chi connectivity index (χ1) is 10.2. The van der Waals surface area contributed by atoms with Gasteiger partial charge in [-0.05, 0) is 12.5 Å². The third-order valence-corrected chi connectivity index (χ3v) is 3.38. The summed E-state index contributed by atoms with van der Waals surface area (Å²) in [4.78, 5) is 27.0. The number of ether oxygens (including phenoxy) is 1. The standard InChI is InChI=1S/C15H21N3O3/c1-2-21-15(20)18-10-8-17(9-11-18)14(19)16-12-13-6-4-3-5-7-13/h3-7H,2,8-12H2,1H3,(H,16,19). The molecule has 114 valence electrons. The zero-order chi connectivity index (χ0) is 15.1. The van der Waals surface area contributed by atoms with E-state index in [0.29, 0.717) is 39.3 Å². The van der Waals surface area contributed by atoms with Gasteiger partial charge in [-0.25, -0.2) is 9.59 Å². The molecule has 0 unspecified atom stereocenters. The van der Waals surface area contributed by atoms with Gasteiger partial charge in [0.05, 0.1) is 6.61 Å². The molecule has 21 heavy (non-hydrogen) atoms. The number of nitrogens with one attached hydrogen (secondary N) is 1. The maximum absolute atomic E-state index is 12.1. The van der Waals surface area contributed by atoms with Crippen LogP contribution in [-0.4, -0.2) is 54.7 Å². The lowest BCUT2D eigenvalue weighted by atomic mass is 10.2. The molecule has 3 amide bonds. The second kappa shape index (κ2) is 7.52. The Morgan fingerprint density at radius 3 is 2.33 bits per heavy atom. The lowest BCUT2D eigenvalue weighted by Gasteiger charge is -2.34. The van der Waals surface area contributed by atoms with E-state index in [1.807, 2.05) is 30.3 Å². The van der Waals surface area contributed by atoms with Crippen LogP contribution in [0.3, 0.4) is 0 Å². The van der Waals surface area contributed by atoms with Crippen molar-refractivity contribution in [3.05, 3.63) is 35.9 Å². The molecule has 1 saturated heterocycles. The van der Waals surface area contributed by atoms with E-state index in [9.17, 15) is 9.59 Å². The summed E-state index contributed by atoms with van der Waals surface area (Å²) < 4.78 is 4.95. The molecule has 1 heterocycles. The van der Waals surface area contributed by atoms with Crippen LogP contribution in [0.1, 0.15) is 12.5 Å². The van der Waals surface area contributed by atoms with Gasteiger partial charge in [-0.1, -0.05) is 30.3 Å². The van der Waals surface area contributed by atoms with Gasteiger partial charge in [0.2, 0.25) is 0 Å². The van der Waals surface area contributed by atoms with Gasteiger partial charge in [0.25, 0.3) is 0 Å². The largest absolute Gasteiger partial charge is 0.450 e. The molecule has 1 aromatic carbocycles. The molecule has 1 aliphatic heterocycles. The Labute approximate surface area is 124 Å². The molecule has 1 aromatic rings. The third-order valence-electron chi connectivity index (χ3n) is 3.38. The first-order valence-electron chi connectivity index (χ1n) is 7.19. The predicted molar refractivity (Wildman–Crippen MR) is 78.8 cm³/mol. The summed E-state index contributed by atoms with van der Waals surface area (Å²) >= 11 is 0. The number of urea groups is 1. The number of amides is 3. The Hall–Kier alpha value is -2.24. The van der Waals surface area contributed by atoms with E-state index in [1.165, 1.54) is 0 Å². The average Bonchev–Trinajstić information content (AvgIpc) is 2.54. The normalized spacial score (nSPS) is 14.7. The Balaban J connectivity index is 1.74. The van der Waals surface area contributed by atoms with Crippen LogP contribution in [0.25, 0.3) is 0 Å². The second-order valence-electron chi connectivity index (χ2n) is 4.82. The molecule has 0 aromatic heterocycles. The molecule has 2 rings (SSSR count). The van der Waals surface area contributed by atoms with Crippen LogP contribution in [0.4, 0.5) is 9.59 Å². The highest BCUT2D eigenvalue weighted by molar-refractivity contribution is 5.75. The minimum absolute atomic E-state index is 0.0950. The number of hydrogen-bond donors (Lipinski definition) is 1. The van der Waals surface area contributed by atoms with Gasteiger partial charge in [0, 0.05) is 32.7 Å². The van der Waals surface area contributed by atoms with Gasteiger partial charge in [-0.2, -0.15) is 0 Å². The summed E-state index contributed by atoms with van der Waals surface area (Å²) in [5.41, 5.74) is 1.07. The van der Waals surface area contributed by atoms with Crippen molar-refractivity contribution in [1.29, 1.82) is 0 Å². The van der Waals surface area contributed by atoms with Crippen LogP contribution in [0.15, 0.2) is 30.3 Å². The quantitative estimate of drug-likeness (QED) is 0.921. The molecule has 1 aliphatic rings. The summed E-state index contributed by atoms with van der Waals surface area (Å²) in [5, 5.41) is 2.89. The van der Waals surface area contributed by atoms with E-state index in [0.717, 1.165) is 5.56 Å². The monoisotopic (exact) mass is 291 g/mol. The average molecular weight is 291 g/mol. The SMILES string of the molecule is CCOC(=O)N1CCN(C(=O)NCc2ccccc2)CC1. The molecule has 6 heteroatoms. The fourth-order valence-electron chi connectivity index (χ4n) is 2.19. The number of nitrogens with zero attached hydrogens (tertiary/aromatic N) is 2. The van der Waals surface area contributed by atoms with Gasteiger partial charge in [-0.15, -0.1) is 0 Å². The van der Waals surface area contributed by atoms with Crippen molar-refractivity contribution in [3.8, 4) is 0 Å². The van der Waals surface area contributed by atoms with E-state index < -0.39 is 0 Å². The molecular weight excluding hydrogens is 270 g/mol. The first-order valence-corrected chi connectivity index (χ1v) is 7.19. The minimum Gasteiger partial charge on any atom is -0.450 e. The van der Waals surface area contributed by atoms with E-state index in [2.05, 4.69) is 5.32 Å². The molecule has 6 nitrogen and oxygen atoms in total. The fourth-order valence-corrected chi connectivity index (χ4v) is 2.19. The molecule has 0 radical (unpaired) electrons. The third kappa shape index (κ3) is 4.37. The van der Waals surface area contributed by atoms with Crippen molar-refractivity contribution >= 4 is 12.1 Å². The molecule has 0 spiro atoms. The number of piperazine rings is 1. The van der Waals surface area contributed by atoms with Crippen LogP contribution in [0.5, 0.6) is 0 Å². The Kier molecular flexibility index (Phi) is 5.43. The molecule has 0 atom stereocenters. The van der Waals surface area contributed by atoms with Gasteiger partial charge >= 0.3 is 12.1 Å².